The van der Waals surface area contributed by atoms with Crippen molar-refractivity contribution in [3.05, 3.63) is 64.4 Å². The van der Waals surface area contributed by atoms with Crippen LogP contribution in [0.5, 0.6) is 0 Å². The first-order valence-electron chi connectivity index (χ1n) is 9.16. The fraction of sp³-hybridized carbons (Fsp3) is 0.238. The van der Waals surface area contributed by atoms with E-state index in [1.54, 1.807) is 11.6 Å². The summed E-state index contributed by atoms with van der Waals surface area (Å²) in [4.78, 5) is 26.3. The first-order chi connectivity index (χ1) is 13.8. The molecule has 2 amide bonds. The van der Waals surface area contributed by atoms with Crippen molar-refractivity contribution in [3.63, 3.8) is 0 Å². The topological polar surface area (TPSA) is 83.0 Å². The third kappa shape index (κ3) is 5.17. The molecule has 0 aliphatic carbocycles. The van der Waals surface area contributed by atoms with Crippen LogP contribution in [-0.4, -0.2) is 45.1 Å². The summed E-state index contributed by atoms with van der Waals surface area (Å²) >= 11 is 5.29. The van der Waals surface area contributed by atoms with Crippen LogP contribution in [0.2, 0.25) is 0 Å². The lowest BCUT2D eigenvalue weighted by Crippen LogP contribution is -2.37. The Balaban J connectivity index is 1.67. The van der Waals surface area contributed by atoms with Crippen LogP contribution in [0.1, 0.15) is 11.1 Å². The minimum Gasteiger partial charge on any atom is -0.335 e. The summed E-state index contributed by atoms with van der Waals surface area (Å²) in [7, 11) is 1.59. The molecule has 0 aliphatic heterocycles. The Labute approximate surface area is 174 Å². The van der Waals surface area contributed by atoms with E-state index >= 15 is 0 Å². The predicted octanol–water partition coefficient (Wildman–Crippen LogP) is 3.32. The van der Waals surface area contributed by atoms with Gasteiger partial charge in [0.25, 0.3) is 0 Å². The van der Waals surface area contributed by atoms with Crippen molar-refractivity contribution in [1.82, 2.24) is 19.7 Å². The third-order valence-electron chi connectivity index (χ3n) is 4.47. The van der Waals surface area contributed by atoms with E-state index in [1.165, 1.54) is 4.90 Å². The zero-order valence-electron chi connectivity index (χ0n) is 16.6. The third-order valence-corrected chi connectivity index (χ3v) is 4.78. The van der Waals surface area contributed by atoms with Gasteiger partial charge in [-0.15, -0.1) is 0 Å². The molecule has 0 unspecified atom stereocenters. The molecule has 0 aliphatic rings. The van der Waals surface area contributed by atoms with Gasteiger partial charge in [0.2, 0.25) is 11.8 Å². The highest BCUT2D eigenvalue weighted by Crippen LogP contribution is 2.18. The fourth-order valence-electron chi connectivity index (χ4n) is 2.87. The second-order valence-electron chi connectivity index (χ2n) is 6.97. The number of H-pyrrole nitrogens is 1. The number of aryl methyl sites for hydroxylation is 2. The van der Waals surface area contributed by atoms with E-state index in [1.807, 2.05) is 62.4 Å². The van der Waals surface area contributed by atoms with Gasteiger partial charge in [-0.2, -0.15) is 5.10 Å². The Bertz CT molecular complexity index is 1080. The highest BCUT2D eigenvalue weighted by atomic mass is 32.1. The number of aromatic nitrogens is 3. The van der Waals surface area contributed by atoms with Gasteiger partial charge in [0, 0.05) is 18.3 Å². The van der Waals surface area contributed by atoms with E-state index in [2.05, 4.69) is 15.5 Å². The van der Waals surface area contributed by atoms with E-state index in [-0.39, 0.29) is 24.9 Å². The molecule has 0 saturated heterocycles. The molecule has 2 N–H and O–H groups in total. The van der Waals surface area contributed by atoms with Gasteiger partial charge >= 0.3 is 0 Å². The van der Waals surface area contributed by atoms with Crippen LogP contribution in [0.25, 0.3) is 11.4 Å². The smallest absolute Gasteiger partial charge is 0.243 e. The minimum atomic E-state index is -0.264. The molecule has 3 rings (SSSR count). The first kappa shape index (κ1) is 20.5. The lowest BCUT2D eigenvalue weighted by Gasteiger charge is -2.18. The Morgan fingerprint density at radius 3 is 2.55 bits per heavy atom. The molecule has 7 nitrogen and oxygen atoms in total. The molecule has 0 fully saturated rings. The van der Waals surface area contributed by atoms with Crippen LogP contribution in [0.3, 0.4) is 0 Å². The number of hydrogen-bond donors (Lipinski definition) is 2. The number of carbonyl (C=O) groups is 2. The Morgan fingerprint density at radius 2 is 1.86 bits per heavy atom. The van der Waals surface area contributed by atoms with Crippen LogP contribution in [0.4, 0.5) is 5.69 Å². The molecule has 0 radical (unpaired) electrons. The lowest BCUT2D eigenvalue weighted by atomic mass is 10.1. The maximum atomic E-state index is 12.7. The predicted molar refractivity (Wildman–Crippen MR) is 115 cm³/mol. The summed E-state index contributed by atoms with van der Waals surface area (Å²) in [6.07, 6.45) is 0. The molecular formula is C21H23N5O2S. The number of nitrogens with one attached hydrogen (secondary N) is 2. The van der Waals surface area contributed by atoms with E-state index < -0.39 is 0 Å². The number of likely N-dealkylation sites (N-methyl/N-ethyl adjacent to an activating group) is 1. The van der Waals surface area contributed by atoms with Crippen molar-refractivity contribution >= 4 is 29.7 Å². The van der Waals surface area contributed by atoms with Gasteiger partial charge in [0.15, 0.2) is 10.6 Å². The standard InChI is InChI=1S/C21H23N5O2S/c1-14-7-9-17(10-8-14)22-18(27)12-25(3)19(28)13-26-20(23-24-21(26)29)16-6-4-5-15(2)11-16/h4-11H,12-13H2,1-3H3,(H,22,27)(H,24,29). The largest absolute Gasteiger partial charge is 0.335 e. The van der Waals surface area contributed by atoms with Crippen molar-refractivity contribution in [2.45, 2.75) is 20.4 Å². The molecule has 0 bridgehead atoms. The lowest BCUT2D eigenvalue weighted by molar-refractivity contribution is -0.133. The zero-order valence-corrected chi connectivity index (χ0v) is 17.4. The van der Waals surface area contributed by atoms with Crippen molar-refractivity contribution in [1.29, 1.82) is 0 Å². The average Bonchev–Trinajstić information content (AvgIpc) is 3.04. The van der Waals surface area contributed by atoms with Crippen LogP contribution < -0.4 is 5.32 Å². The van der Waals surface area contributed by atoms with E-state index in [0.29, 0.717) is 16.3 Å². The van der Waals surface area contributed by atoms with Gasteiger partial charge in [-0.05, 0) is 44.3 Å². The van der Waals surface area contributed by atoms with Gasteiger partial charge < -0.3 is 10.2 Å². The van der Waals surface area contributed by atoms with Gasteiger partial charge in [-0.25, -0.2) is 0 Å². The molecular weight excluding hydrogens is 386 g/mol. The van der Waals surface area contributed by atoms with Crippen molar-refractivity contribution in [2.24, 2.45) is 0 Å². The number of carbonyl (C=O) groups excluding carboxylic acids is 2. The van der Waals surface area contributed by atoms with E-state index in [0.717, 1.165) is 16.7 Å². The Kier molecular flexibility index (Phi) is 6.23. The number of anilines is 1. The summed E-state index contributed by atoms with van der Waals surface area (Å²) < 4.78 is 1.99. The SMILES string of the molecule is Cc1ccc(NC(=O)CN(C)C(=O)Cn2c(-c3cccc(C)c3)n[nH]c2=S)cc1. The molecule has 3 aromatic rings. The zero-order chi connectivity index (χ0) is 21.0. The number of aromatic amines is 1. The normalized spacial score (nSPS) is 10.6. The maximum Gasteiger partial charge on any atom is 0.243 e. The van der Waals surface area contributed by atoms with E-state index in [4.69, 9.17) is 12.2 Å². The fourth-order valence-corrected chi connectivity index (χ4v) is 3.06. The van der Waals surface area contributed by atoms with Crippen molar-refractivity contribution < 1.29 is 9.59 Å². The summed E-state index contributed by atoms with van der Waals surface area (Å²) in [5, 5.41) is 9.79. The highest BCUT2D eigenvalue weighted by molar-refractivity contribution is 7.71. The molecule has 1 aromatic heterocycles. The minimum absolute atomic E-state index is 0.00702. The van der Waals surface area contributed by atoms with E-state index in [9.17, 15) is 9.59 Å². The Morgan fingerprint density at radius 1 is 1.14 bits per heavy atom. The van der Waals surface area contributed by atoms with Gasteiger partial charge in [0.05, 0.1) is 6.54 Å². The van der Waals surface area contributed by atoms with Crippen molar-refractivity contribution in [3.8, 4) is 11.4 Å². The van der Waals surface area contributed by atoms with Crippen LogP contribution in [0, 0.1) is 18.6 Å². The number of amides is 2. The van der Waals surface area contributed by atoms with Crippen LogP contribution in [-0.2, 0) is 16.1 Å². The number of nitrogens with zero attached hydrogens (tertiary/aromatic N) is 3. The van der Waals surface area contributed by atoms with Gasteiger partial charge in [0.1, 0.15) is 6.54 Å². The molecule has 0 atom stereocenters. The quantitative estimate of drug-likeness (QED) is 0.612. The second kappa shape index (κ2) is 8.83. The average molecular weight is 410 g/mol. The van der Waals surface area contributed by atoms with Crippen molar-refractivity contribution in [2.75, 3.05) is 18.9 Å². The highest BCUT2D eigenvalue weighted by Gasteiger charge is 2.17. The molecule has 2 aromatic carbocycles. The molecule has 0 saturated carbocycles. The van der Waals surface area contributed by atoms with Gasteiger partial charge in [-0.1, -0.05) is 41.5 Å². The second-order valence-corrected chi connectivity index (χ2v) is 7.36. The Hall–Kier alpha value is -3.26. The number of benzene rings is 2. The summed E-state index contributed by atoms with van der Waals surface area (Å²) in [6, 6.07) is 15.3. The molecule has 29 heavy (non-hydrogen) atoms. The first-order valence-corrected chi connectivity index (χ1v) is 9.57. The van der Waals surface area contributed by atoms with Gasteiger partial charge in [-0.3, -0.25) is 19.3 Å². The monoisotopic (exact) mass is 409 g/mol. The number of hydrogen-bond acceptors (Lipinski definition) is 4. The van der Waals surface area contributed by atoms with Crippen LogP contribution in [0.15, 0.2) is 48.5 Å². The van der Waals surface area contributed by atoms with Crippen LogP contribution >= 0.6 is 12.2 Å². The maximum absolute atomic E-state index is 12.7. The molecule has 1 heterocycles. The molecule has 150 valence electrons. The summed E-state index contributed by atoms with van der Waals surface area (Å²) in [5.74, 6) is 0.0828. The summed E-state index contributed by atoms with van der Waals surface area (Å²) in [6.45, 7) is 3.90. The molecule has 0 spiro atoms. The number of rotatable bonds is 6. The summed E-state index contributed by atoms with van der Waals surface area (Å²) in [5.41, 5.74) is 3.75. The molecule has 8 heteroatoms.